The SMILES string of the molecule is CC1(C)Oc2ccccc2C(c2cnc3c(c2)CCCC3)O1. The van der Waals surface area contributed by atoms with E-state index in [0.717, 1.165) is 29.7 Å². The molecule has 0 fully saturated rings. The molecule has 0 saturated heterocycles. The highest BCUT2D eigenvalue weighted by molar-refractivity contribution is 5.43. The van der Waals surface area contributed by atoms with Crippen LogP contribution in [0.2, 0.25) is 0 Å². The quantitative estimate of drug-likeness (QED) is 0.790. The summed E-state index contributed by atoms with van der Waals surface area (Å²) in [5, 5.41) is 0. The van der Waals surface area contributed by atoms with Gasteiger partial charge < -0.3 is 9.47 Å². The fourth-order valence-corrected chi connectivity index (χ4v) is 3.42. The molecule has 0 radical (unpaired) electrons. The van der Waals surface area contributed by atoms with Gasteiger partial charge in [0.2, 0.25) is 5.79 Å². The van der Waals surface area contributed by atoms with Gasteiger partial charge in [0.25, 0.3) is 0 Å². The Morgan fingerprint density at radius 1 is 1.14 bits per heavy atom. The van der Waals surface area contributed by atoms with Gasteiger partial charge in [0.15, 0.2) is 0 Å². The molecule has 1 aliphatic carbocycles. The number of pyridine rings is 1. The summed E-state index contributed by atoms with van der Waals surface area (Å²) in [4.78, 5) is 4.69. The van der Waals surface area contributed by atoms with Gasteiger partial charge in [0, 0.05) is 36.9 Å². The van der Waals surface area contributed by atoms with Gasteiger partial charge in [-0.05, 0) is 43.4 Å². The second-order valence-electron chi connectivity index (χ2n) is 6.62. The van der Waals surface area contributed by atoms with Gasteiger partial charge >= 0.3 is 0 Å². The Bertz CT molecular complexity index is 708. The Balaban J connectivity index is 1.78. The summed E-state index contributed by atoms with van der Waals surface area (Å²) >= 11 is 0. The fourth-order valence-electron chi connectivity index (χ4n) is 3.42. The molecule has 1 unspecified atom stereocenters. The number of fused-ring (bicyclic) bond motifs is 2. The van der Waals surface area contributed by atoms with Gasteiger partial charge in [-0.1, -0.05) is 18.2 Å². The molecule has 22 heavy (non-hydrogen) atoms. The minimum absolute atomic E-state index is 0.111. The molecule has 4 rings (SSSR count). The zero-order valence-electron chi connectivity index (χ0n) is 13.1. The van der Waals surface area contributed by atoms with Gasteiger partial charge in [-0.25, -0.2) is 0 Å². The summed E-state index contributed by atoms with van der Waals surface area (Å²) < 4.78 is 12.2. The number of aryl methyl sites for hydroxylation is 2. The van der Waals surface area contributed by atoms with Crippen molar-refractivity contribution >= 4 is 0 Å². The van der Waals surface area contributed by atoms with Crippen LogP contribution in [0.5, 0.6) is 5.75 Å². The number of hydrogen-bond acceptors (Lipinski definition) is 3. The lowest BCUT2D eigenvalue weighted by Crippen LogP contribution is -2.38. The first-order valence-electron chi connectivity index (χ1n) is 8.06. The van der Waals surface area contributed by atoms with E-state index >= 15 is 0 Å². The van der Waals surface area contributed by atoms with E-state index < -0.39 is 5.79 Å². The van der Waals surface area contributed by atoms with E-state index in [0.29, 0.717) is 0 Å². The number of nitrogens with zero attached hydrogens (tertiary/aromatic N) is 1. The molecule has 0 spiro atoms. The Morgan fingerprint density at radius 3 is 2.86 bits per heavy atom. The highest BCUT2D eigenvalue weighted by Crippen LogP contribution is 2.42. The first kappa shape index (κ1) is 13.8. The van der Waals surface area contributed by atoms with E-state index in [1.807, 2.05) is 38.2 Å². The predicted octanol–water partition coefficient (Wildman–Crippen LogP) is 4.19. The molecule has 1 aromatic carbocycles. The van der Waals surface area contributed by atoms with Gasteiger partial charge in [-0.3, -0.25) is 4.98 Å². The van der Waals surface area contributed by atoms with Crippen LogP contribution in [-0.2, 0) is 17.6 Å². The third-order valence-corrected chi connectivity index (χ3v) is 4.45. The highest BCUT2D eigenvalue weighted by Gasteiger charge is 2.35. The third-order valence-electron chi connectivity index (χ3n) is 4.45. The van der Waals surface area contributed by atoms with Crippen molar-refractivity contribution in [2.75, 3.05) is 0 Å². The molecule has 0 saturated carbocycles. The smallest absolute Gasteiger partial charge is 0.205 e. The van der Waals surface area contributed by atoms with Gasteiger partial charge in [0.1, 0.15) is 11.9 Å². The minimum atomic E-state index is -0.630. The molecule has 2 aromatic rings. The minimum Gasteiger partial charge on any atom is -0.463 e. The topological polar surface area (TPSA) is 31.4 Å². The summed E-state index contributed by atoms with van der Waals surface area (Å²) in [5.41, 5.74) is 4.85. The second-order valence-corrected chi connectivity index (χ2v) is 6.62. The van der Waals surface area contributed by atoms with Crippen LogP contribution in [0.3, 0.4) is 0 Å². The van der Waals surface area contributed by atoms with Crippen LogP contribution < -0.4 is 4.74 Å². The van der Waals surface area contributed by atoms with E-state index in [9.17, 15) is 0 Å². The first-order valence-corrected chi connectivity index (χ1v) is 8.06. The van der Waals surface area contributed by atoms with Crippen LogP contribution in [0.1, 0.15) is 55.2 Å². The Labute approximate surface area is 131 Å². The van der Waals surface area contributed by atoms with Crippen LogP contribution in [-0.4, -0.2) is 10.8 Å². The van der Waals surface area contributed by atoms with Crippen molar-refractivity contribution in [3.05, 3.63) is 58.9 Å². The number of ether oxygens (including phenoxy) is 2. The molecular weight excluding hydrogens is 274 g/mol. The van der Waals surface area contributed by atoms with Crippen LogP contribution in [0.4, 0.5) is 0 Å². The molecule has 2 heterocycles. The van der Waals surface area contributed by atoms with Crippen molar-refractivity contribution in [1.29, 1.82) is 0 Å². The van der Waals surface area contributed by atoms with Gasteiger partial charge in [-0.15, -0.1) is 0 Å². The molecule has 1 aliphatic heterocycles. The highest BCUT2D eigenvalue weighted by atomic mass is 16.7. The molecule has 2 aliphatic rings. The normalized spacial score (nSPS) is 22.4. The summed E-state index contributed by atoms with van der Waals surface area (Å²) in [6.07, 6.45) is 6.61. The second kappa shape index (κ2) is 5.10. The fraction of sp³-hybridized carbons (Fsp3) is 0.421. The van der Waals surface area contributed by atoms with E-state index in [1.165, 1.54) is 24.1 Å². The molecule has 1 aromatic heterocycles. The Hall–Kier alpha value is -1.87. The maximum absolute atomic E-state index is 6.22. The number of rotatable bonds is 1. The maximum Gasteiger partial charge on any atom is 0.205 e. The van der Waals surface area contributed by atoms with E-state index in [1.54, 1.807) is 0 Å². The number of benzene rings is 1. The molecule has 0 bridgehead atoms. The number of hydrogen-bond donors (Lipinski definition) is 0. The monoisotopic (exact) mass is 295 g/mol. The lowest BCUT2D eigenvalue weighted by molar-refractivity contribution is -0.196. The zero-order chi connectivity index (χ0) is 15.2. The lowest BCUT2D eigenvalue weighted by Gasteiger charge is -2.38. The maximum atomic E-state index is 6.22. The van der Waals surface area contributed by atoms with E-state index in [-0.39, 0.29) is 6.10 Å². The van der Waals surface area contributed by atoms with Gasteiger partial charge in [-0.2, -0.15) is 0 Å². The largest absolute Gasteiger partial charge is 0.463 e. The van der Waals surface area contributed by atoms with Crippen molar-refractivity contribution in [3.63, 3.8) is 0 Å². The Morgan fingerprint density at radius 2 is 1.95 bits per heavy atom. The predicted molar refractivity (Wildman–Crippen MR) is 85.0 cm³/mol. The molecule has 3 heteroatoms. The molecule has 0 N–H and O–H groups in total. The number of aromatic nitrogens is 1. The molecule has 0 amide bonds. The summed E-state index contributed by atoms with van der Waals surface area (Å²) in [5.74, 6) is 0.274. The number of para-hydroxylation sites is 1. The first-order chi connectivity index (χ1) is 10.6. The van der Waals surface area contributed by atoms with E-state index in [2.05, 4.69) is 12.1 Å². The standard InChI is InChI=1S/C19H21NO2/c1-19(2)21-17-10-6-4-8-15(17)18(22-19)14-11-13-7-3-5-9-16(13)20-12-14/h4,6,8,10-12,18H,3,5,7,9H2,1-2H3. The third kappa shape index (κ3) is 2.40. The van der Waals surface area contributed by atoms with Crippen molar-refractivity contribution < 1.29 is 9.47 Å². The molecule has 114 valence electrons. The summed E-state index contributed by atoms with van der Waals surface area (Å²) in [6, 6.07) is 10.4. The van der Waals surface area contributed by atoms with E-state index in [4.69, 9.17) is 14.5 Å². The summed E-state index contributed by atoms with van der Waals surface area (Å²) in [6.45, 7) is 3.92. The van der Waals surface area contributed by atoms with Crippen molar-refractivity contribution in [2.24, 2.45) is 0 Å². The van der Waals surface area contributed by atoms with Crippen LogP contribution in [0.15, 0.2) is 36.5 Å². The summed E-state index contributed by atoms with van der Waals surface area (Å²) in [7, 11) is 0. The van der Waals surface area contributed by atoms with Crippen molar-refractivity contribution in [1.82, 2.24) is 4.98 Å². The lowest BCUT2D eigenvalue weighted by atomic mass is 9.92. The van der Waals surface area contributed by atoms with Crippen LogP contribution >= 0.6 is 0 Å². The average molecular weight is 295 g/mol. The zero-order valence-corrected chi connectivity index (χ0v) is 13.1. The van der Waals surface area contributed by atoms with Crippen molar-refractivity contribution in [3.8, 4) is 5.75 Å². The molecule has 3 nitrogen and oxygen atoms in total. The molecular formula is C19H21NO2. The average Bonchev–Trinajstić information content (AvgIpc) is 2.53. The van der Waals surface area contributed by atoms with Crippen LogP contribution in [0, 0.1) is 0 Å². The van der Waals surface area contributed by atoms with Crippen LogP contribution in [0.25, 0.3) is 0 Å². The van der Waals surface area contributed by atoms with Crippen molar-refractivity contribution in [2.45, 2.75) is 51.4 Å². The molecule has 1 atom stereocenters. The Kier molecular flexibility index (Phi) is 3.19. The van der Waals surface area contributed by atoms with Gasteiger partial charge in [0.05, 0.1) is 0 Å².